The maximum Gasteiger partial charge on any atom is 0.0868 e. The summed E-state index contributed by atoms with van der Waals surface area (Å²) in [6.07, 6.45) is 14.5. The summed E-state index contributed by atoms with van der Waals surface area (Å²) in [5.41, 5.74) is 7.98. The standard InChI is InChI=1S/C27H34N2.C3H6.C2H6/c1-6-13-21(4)27-26(18-17-23-14-10-9-11-15-23)22(5)25(24(7-2)8-3)16-12-19-28-20-29-27;1-3-2;1-2/h7-11,14-16,20H,2,4-6,12-13,17-19H2,1,3H3,(H,28,29);3H,1H2,2H3;1-2H3/b24-8+,25-16+,27-26-;;. The Morgan fingerprint density at radius 2 is 1.74 bits per heavy atom. The predicted molar refractivity (Wildman–Crippen MR) is 155 cm³/mol. The maximum atomic E-state index is 4.53. The molecule has 0 aliphatic carbocycles. The van der Waals surface area contributed by atoms with Gasteiger partial charge in [0.25, 0.3) is 0 Å². The molecule has 0 saturated heterocycles. The molecule has 0 unspecified atom stereocenters. The van der Waals surface area contributed by atoms with Crippen molar-refractivity contribution in [3.8, 4) is 0 Å². The number of aryl methyl sites for hydroxylation is 1. The minimum Gasteiger partial charge on any atom is -0.346 e. The van der Waals surface area contributed by atoms with Gasteiger partial charge in [0.2, 0.25) is 0 Å². The van der Waals surface area contributed by atoms with Gasteiger partial charge in [-0.25, -0.2) is 0 Å². The highest BCUT2D eigenvalue weighted by Crippen LogP contribution is 2.32. The van der Waals surface area contributed by atoms with E-state index in [0.717, 1.165) is 66.6 Å². The Balaban J connectivity index is 0.00000201. The fourth-order valence-electron chi connectivity index (χ4n) is 3.59. The van der Waals surface area contributed by atoms with Crippen molar-refractivity contribution in [1.82, 2.24) is 5.32 Å². The van der Waals surface area contributed by atoms with E-state index in [1.54, 1.807) is 6.08 Å². The Morgan fingerprint density at radius 1 is 1.09 bits per heavy atom. The molecular formula is C32H46N2. The van der Waals surface area contributed by atoms with E-state index in [0.29, 0.717) is 0 Å². The van der Waals surface area contributed by atoms with Gasteiger partial charge >= 0.3 is 0 Å². The van der Waals surface area contributed by atoms with Crippen LogP contribution in [0.1, 0.15) is 65.9 Å². The number of rotatable bonds is 8. The zero-order valence-corrected chi connectivity index (χ0v) is 22.3. The van der Waals surface area contributed by atoms with Gasteiger partial charge in [0.15, 0.2) is 0 Å². The third-order valence-corrected chi connectivity index (χ3v) is 5.15. The van der Waals surface area contributed by atoms with E-state index in [-0.39, 0.29) is 0 Å². The molecule has 2 heteroatoms. The molecule has 2 rings (SSSR count). The first-order chi connectivity index (χ1) is 16.5. The first kappa shape index (κ1) is 30.9. The predicted octanol–water partition coefficient (Wildman–Crippen LogP) is 9.08. The number of hydrogen-bond acceptors (Lipinski definition) is 2. The Morgan fingerprint density at radius 3 is 2.29 bits per heavy atom. The SMILES string of the molecule is C=CC.C=CC(=C\C)/C1=C/CCN=CN/C(C(=C)CCC)=C(/CCc2ccccc2)C1=C.CC. The Labute approximate surface area is 210 Å². The molecule has 1 aliphatic heterocycles. The van der Waals surface area contributed by atoms with Crippen LogP contribution in [0, 0.1) is 0 Å². The van der Waals surface area contributed by atoms with Gasteiger partial charge < -0.3 is 5.32 Å². The second-order valence-corrected chi connectivity index (χ2v) is 7.61. The average Bonchev–Trinajstić information content (AvgIpc) is 2.86. The highest BCUT2D eigenvalue weighted by Gasteiger charge is 2.18. The Hall–Kier alpha value is -3.13. The van der Waals surface area contributed by atoms with E-state index in [2.05, 4.69) is 86.0 Å². The van der Waals surface area contributed by atoms with Crippen LogP contribution in [0.25, 0.3) is 0 Å². The van der Waals surface area contributed by atoms with Crippen LogP contribution >= 0.6 is 0 Å². The van der Waals surface area contributed by atoms with Crippen molar-refractivity contribution < 1.29 is 0 Å². The molecule has 34 heavy (non-hydrogen) atoms. The lowest BCUT2D eigenvalue weighted by atomic mass is 9.86. The molecule has 0 radical (unpaired) electrons. The van der Waals surface area contributed by atoms with Crippen molar-refractivity contribution >= 4 is 6.34 Å². The Bertz CT molecular complexity index is 892. The molecule has 184 valence electrons. The fourth-order valence-corrected chi connectivity index (χ4v) is 3.59. The summed E-state index contributed by atoms with van der Waals surface area (Å²) in [6.45, 7) is 27.1. The number of hydrogen-bond donors (Lipinski definition) is 1. The molecule has 1 aromatic rings. The summed E-state index contributed by atoms with van der Waals surface area (Å²) in [5, 5.41) is 3.44. The van der Waals surface area contributed by atoms with Gasteiger partial charge in [-0.3, -0.25) is 4.99 Å². The number of nitrogens with one attached hydrogen (secondary N) is 1. The van der Waals surface area contributed by atoms with Crippen molar-refractivity contribution in [2.24, 2.45) is 4.99 Å². The van der Waals surface area contributed by atoms with Crippen molar-refractivity contribution in [3.63, 3.8) is 0 Å². The molecule has 0 atom stereocenters. The second kappa shape index (κ2) is 19.3. The number of allylic oxidation sites excluding steroid dienone is 8. The molecule has 0 fully saturated rings. The van der Waals surface area contributed by atoms with E-state index in [4.69, 9.17) is 0 Å². The van der Waals surface area contributed by atoms with Crippen LogP contribution in [-0.4, -0.2) is 12.9 Å². The summed E-state index contributed by atoms with van der Waals surface area (Å²) in [5.74, 6) is 0. The quantitative estimate of drug-likeness (QED) is 0.305. The van der Waals surface area contributed by atoms with Gasteiger partial charge in [-0.15, -0.1) is 6.58 Å². The van der Waals surface area contributed by atoms with E-state index in [9.17, 15) is 0 Å². The number of aliphatic imine (C=N–C) groups is 1. The summed E-state index contributed by atoms with van der Waals surface area (Å²) in [6, 6.07) is 10.6. The van der Waals surface area contributed by atoms with Gasteiger partial charge in [0.1, 0.15) is 0 Å². The molecule has 1 N–H and O–H groups in total. The van der Waals surface area contributed by atoms with Gasteiger partial charge in [0.05, 0.1) is 6.34 Å². The molecule has 0 spiro atoms. The van der Waals surface area contributed by atoms with Crippen molar-refractivity contribution in [2.45, 2.75) is 66.7 Å². The van der Waals surface area contributed by atoms with Crippen LogP contribution in [0.3, 0.4) is 0 Å². The molecule has 0 saturated carbocycles. The van der Waals surface area contributed by atoms with E-state index >= 15 is 0 Å². The third-order valence-electron chi connectivity index (χ3n) is 5.15. The normalized spacial score (nSPS) is 17.5. The largest absolute Gasteiger partial charge is 0.346 e. The monoisotopic (exact) mass is 458 g/mol. The molecule has 1 aliphatic rings. The second-order valence-electron chi connectivity index (χ2n) is 7.61. The zero-order valence-electron chi connectivity index (χ0n) is 22.3. The van der Waals surface area contributed by atoms with Crippen LogP contribution in [0.4, 0.5) is 0 Å². The third kappa shape index (κ3) is 10.7. The van der Waals surface area contributed by atoms with Crippen LogP contribution in [0.2, 0.25) is 0 Å². The highest BCUT2D eigenvalue weighted by molar-refractivity contribution is 5.66. The first-order valence-corrected chi connectivity index (χ1v) is 12.5. The van der Waals surface area contributed by atoms with Crippen LogP contribution in [0.5, 0.6) is 0 Å². The van der Waals surface area contributed by atoms with Crippen molar-refractivity contribution in [2.75, 3.05) is 6.54 Å². The van der Waals surface area contributed by atoms with Gasteiger partial charge in [-0.1, -0.05) is 102 Å². The maximum absolute atomic E-state index is 4.53. The van der Waals surface area contributed by atoms with Gasteiger partial charge in [0, 0.05) is 12.2 Å². The Kier molecular flexibility index (Phi) is 17.6. The minimum atomic E-state index is 0.741. The van der Waals surface area contributed by atoms with E-state index in [1.165, 1.54) is 11.1 Å². The molecule has 0 bridgehead atoms. The van der Waals surface area contributed by atoms with Gasteiger partial charge in [-0.2, -0.15) is 0 Å². The van der Waals surface area contributed by atoms with Crippen molar-refractivity contribution in [1.29, 1.82) is 0 Å². The minimum absolute atomic E-state index is 0.741. The molecule has 0 amide bonds. The molecule has 2 nitrogen and oxygen atoms in total. The summed E-state index contributed by atoms with van der Waals surface area (Å²) in [4.78, 5) is 4.52. The smallest absolute Gasteiger partial charge is 0.0868 e. The van der Waals surface area contributed by atoms with E-state index < -0.39 is 0 Å². The average molecular weight is 459 g/mol. The first-order valence-electron chi connectivity index (χ1n) is 12.5. The van der Waals surface area contributed by atoms with Crippen LogP contribution in [0.15, 0.2) is 120 Å². The lowest BCUT2D eigenvalue weighted by Gasteiger charge is -2.22. The summed E-state index contributed by atoms with van der Waals surface area (Å²) >= 11 is 0. The van der Waals surface area contributed by atoms with Gasteiger partial charge in [-0.05, 0) is 73.0 Å². The fraction of sp³-hybridized carbons (Fsp3) is 0.344. The van der Waals surface area contributed by atoms with Crippen LogP contribution < -0.4 is 5.32 Å². The summed E-state index contributed by atoms with van der Waals surface area (Å²) in [7, 11) is 0. The lowest BCUT2D eigenvalue weighted by molar-refractivity contribution is 0.862. The zero-order chi connectivity index (χ0) is 25.8. The highest BCUT2D eigenvalue weighted by atomic mass is 14.9. The molecule has 1 aromatic carbocycles. The molecule has 0 aromatic heterocycles. The molecule has 1 heterocycles. The lowest BCUT2D eigenvalue weighted by Crippen LogP contribution is -2.18. The molecular weight excluding hydrogens is 412 g/mol. The number of benzene rings is 1. The topological polar surface area (TPSA) is 24.4 Å². The summed E-state index contributed by atoms with van der Waals surface area (Å²) < 4.78 is 0. The van der Waals surface area contributed by atoms with Crippen LogP contribution in [-0.2, 0) is 6.42 Å². The van der Waals surface area contributed by atoms with E-state index in [1.807, 2.05) is 40.1 Å². The van der Waals surface area contributed by atoms with Crippen molar-refractivity contribution in [3.05, 3.63) is 120 Å². The number of nitrogens with zero attached hydrogens (tertiary/aromatic N) is 1.